The second kappa shape index (κ2) is 7.87. The van der Waals surface area contributed by atoms with Crippen LogP contribution in [0.1, 0.15) is 40.1 Å². The molecule has 1 atom stereocenters. The highest BCUT2D eigenvalue weighted by molar-refractivity contribution is 7.17. The van der Waals surface area contributed by atoms with Gasteiger partial charge in [-0.3, -0.25) is 14.4 Å². The topological polar surface area (TPSA) is 102 Å². The fourth-order valence-electron chi connectivity index (χ4n) is 4.10. The molecule has 0 unspecified atom stereocenters. The van der Waals surface area contributed by atoms with Crippen LogP contribution in [0.3, 0.4) is 0 Å². The fraction of sp³-hybridized carbons (Fsp3) is 0.381. The van der Waals surface area contributed by atoms with Crippen LogP contribution in [0.4, 0.5) is 10.7 Å². The average Bonchev–Trinajstić information content (AvgIpc) is 3.28. The number of methoxy groups -OCH3 is 1. The van der Waals surface area contributed by atoms with Crippen molar-refractivity contribution in [2.24, 2.45) is 11.7 Å². The molecule has 2 aromatic rings. The number of amides is 3. The molecule has 2 aliphatic rings. The van der Waals surface area contributed by atoms with Crippen molar-refractivity contribution >= 4 is 39.7 Å². The van der Waals surface area contributed by atoms with E-state index in [0.717, 1.165) is 36.1 Å². The number of carbonyl (C=O) groups is 3. The number of rotatable bonds is 5. The number of nitrogens with two attached hydrogens (primary N) is 1. The lowest BCUT2D eigenvalue weighted by molar-refractivity contribution is -0.122. The van der Waals surface area contributed by atoms with Gasteiger partial charge in [-0.05, 0) is 43.4 Å². The maximum absolute atomic E-state index is 12.9. The molecule has 1 aromatic heterocycles. The van der Waals surface area contributed by atoms with Gasteiger partial charge < -0.3 is 20.7 Å². The van der Waals surface area contributed by atoms with Crippen molar-refractivity contribution in [1.82, 2.24) is 0 Å². The van der Waals surface area contributed by atoms with Crippen molar-refractivity contribution in [1.29, 1.82) is 0 Å². The highest BCUT2D eigenvalue weighted by atomic mass is 32.1. The van der Waals surface area contributed by atoms with E-state index >= 15 is 0 Å². The van der Waals surface area contributed by atoms with Crippen LogP contribution in [0.5, 0.6) is 5.75 Å². The maximum Gasteiger partial charge on any atom is 0.251 e. The number of thiophene rings is 1. The molecule has 3 amide bonds. The SMILES string of the molecule is COc1ccccc1N1C[C@H](C(=O)Nc2sc3c(c2C(N)=O)CCCC3)CC1=O. The second-order valence-electron chi connectivity index (χ2n) is 7.35. The summed E-state index contributed by atoms with van der Waals surface area (Å²) in [6.45, 7) is 0.266. The van der Waals surface area contributed by atoms with E-state index in [0.29, 0.717) is 22.0 Å². The Morgan fingerprint density at radius 2 is 2.00 bits per heavy atom. The zero-order valence-corrected chi connectivity index (χ0v) is 17.0. The number of hydrogen-bond acceptors (Lipinski definition) is 5. The number of hydrogen-bond donors (Lipinski definition) is 2. The van der Waals surface area contributed by atoms with Crippen LogP contribution in [0, 0.1) is 5.92 Å². The minimum absolute atomic E-state index is 0.112. The van der Waals surface area contributed by atoms with Gasteiger partial charge in [0.1, 0.15) is 10.8 Å². The number of fused-ring (bicyclic) bond motifs is 1. The molecule has 0 bridgehead atoms. The third kappa shape index (κ3) is 3.60. The van der Waals surface area contributed by atoms with Crippen LogP contribution in [-0.4, -0.2) is 31.4 Å². The molecule has 29 heavy (non-hydrogen) atoms. The van der Waals surface area contributed by atoms with Crippen molar-refractivity contribution in [3.05, 3.63) is 40.3 Å². The monoisotopic (exact) mass is 413 g/mol. The Labute approximate surface area is 172 Å². The van der Waals surface area contributed by atoms with E-state index in [1.165, 1.54) is 11.3 Å². The molecule has 3 N–H and O–H groups in total. The highest BCUT2D eigenvalue weighted by Gasteiger charge is 2.37. The molecule has 1 saturated heterocycles. The quantitative estimate of drug-likeness (QED) is 0.787. The summed E-state index contributed by atoms with van der Waals surface area (Å²) < 4.78 is 5.34. The minimum Gasteiger partial charge on any atom is -0.495 e. The highest BCUT2D eigenvalue weighted by Crippen LogP contribution is 2.39. The first-order valence-electron chi connectivity index (χ1n) is 9.68. The Morgan fingerprint density at radius 3 is 2.76 bits per heavy atom. The number of primary amides is 1. The van der Waals surface area contributed by atoms with Gasteiger partial charge in [0.05, 0.1) is 24.3 Å². The molecule has 1 aromatic carbocycles. The zero-order chi connectivity index (χ0) is 20.5. The average molecular weight is 413 g/mol. The summed E-state index contributed by atoms with van der Waals surface area (Å²) in [7, 11) is 1.55. The number of para-hydroxylation sites is 2. The van der Waals surface area contributed by atoms with E-state index in [2.05, 4.69) is 5.32 Å². The summed E-state index contributed by atoms with van der Waals surface area (Å²) in [6.07, 6.45) is 3.91. The summed E-state index contributed by atoms with van der Waals surface area (Å²) in [4.78, 5) is 40.2. The molecule has 1 aliphatic carbocycles. The van der Waals surface area contributed by atoms with E-state index in [1.807, 2.05) is 12.1 Å². The van der Waals surface area contributed by atoms with Crippen LogP contribution < -0.4 is 20.7 Å². The van der Waals surface area contributed by atoms with Crippen LogP contribution in [0.2, 0.25) is 0 Å². The molecule has 0 radical (unpaired) electrons. The van der Waals surface area contributed by atoms with Gasteiger partial charge in [0.15, 0.2) is 0 Å². The molecule has 2 heterocycles. The Balaban J connectivity index is 1.54. The van der Waals surface area contributed by atoms with E-state index < -0.39 is 11.8 Å². The minimum atomic E-state index is -0.516. The lowest BCUT2D eigenvalue weighted by Crippen LogP contribution is -2.28. The summed E-state index contributed by atoms with van der Waals surface area (Å²) in [6, 6.07) is 7.24. The Kier molecular flexibility index (Phi) is 5.27. The lowest BCUT2D eigenvalue weighted by atomic mass is 9.95. The summed E-state index contributed by atoms with van der Waals surface area (Å²) in [5.41, 5.74) is 7.67. The largest absolute Gasteiger partial charge is 0.495 e. The van der Waals surface area contributed by atoms with Crippen molar-refractivity contribution in [2.75, 3.05) is 23.9 Å². The van der Waals surface area contributed by atoms with Gasteiger partial charge in [-0.2, -0.15) is 0 Å². The van der Waals surface area contributed by atoms with Crippen LogP contribution >= 0.6 is 11.3 Å². The molecule has 1 fully saturated rings. The molecule has 152 valence electrons. The van der Waals surface area contributed by atoms with E-state index in [1.54, 1.807) is 24.1 Å². The lowest BCUT2D eigenvalue weighted by Gasteiger charge is -2.19. The van der Waals surface area contributed by atoms with Crippen molar-refractivity contribution < 1.29 is 19.1 Å². The van der Waals surface area contributed by atoms with Crippen LogP contribution in [0.15, 0.2) is 24.3 Å². The first-order valence-corrected chi connectivity index (χ1v) is 10.5. The van der Waals surface area contributed by atoms with Gasteiger partial charge in [0.2, 0.25) is 11.8 Å². The smallest absolute Gasteiger partial charge is 0.251 e. The molecular weight excluding hydrogens is 390 g/mol. The molecule has 8 heteroatoms. The zero-order valence-electron chi connectivity index (χ0n) is 16.2. The number of ether oxygens (including phenoxy) is 1. The normalized spacial score (nSPS) is 18.4. The third-order valence-electron chi connectivity index (χ3n) is 5.53. The standard InChI is InChI=1S/C21H23N3O4S/c1-28-15-8-4-3-7-14(15)24-11-12(10-17(24)25)20(27)23-21-18(19(22)26)13-6-2-5-9-16(13)29-21/h3-4,7-8,12H,2,5-6,9-11H2,1H3,(H2,22,26)(H,23,27)/t12-/m1/s1. The summed E-state index contributed by atoms with van der Waals surface area (Å²) >= 11 is 1.43. The third-order valence-corrected chi connectivity index (χ3v) is 6.73. The molecular formula is C21H23N3O4S. The van der Waals surface area contributed by atoms with Gasteiger partial charge in [-0.25, -0.2) is 0 Å². The van der Waals surface area contributed by atoms with E-state index in [-0.39, 0.29) is 24.8 Å². The molecule has 7 nitrogen and oxygen atoms in total. The van der Waals surface area contributed by atoms with E-state index in [4.69, 9.17) is 10.5 Å². The van der Waals surface area contributed by atoms with Crippen LogP contribution in [0.25, 0.3) is 0 Å². The van der Waals surface area contributed by atoms with Crippen molar-refractivity contribution in [3.8, 4) is 5.75 Å². The Morgan fingerprint density at radius 1 is 1.24 bits per heavy atom. The molecule has 4 rings (SSSR count). The Hall–Kier alpha value is -2.87. The predicted molar refractivity (Wildman–Crippen MR) is 112 cm³/mol. The van der Waals surface area contributed by atoms with Gasteiger partial charge in [-0.1, -0.05) is 12.1 Å². The number of carbonyl (C=O) groups excluding carboxylic acids is 3. The first-order chi connectivity index (χ1) is 14.0. The fourth-order valence-corrected chi connectivity index (χ4v) is 5.39. The number of anilines is 2. The van der Waals surface area contributed by atoms with Gasteiger partial charge in [-0.15, -0.1) is 11.3 Å². The van der Waals surface area contributed by atoms with Gasteiger partial charge in [0, 0.05) is 17.8 Å². The number of nitrogens with zero attached hydrogens (tertiary/aromatic N) is 1. The number of nitrogens with one attached hydrogen (secondary N) is 1. The van der Waals surface area contributed by atoms with Gasteiger partial charge >= 0.3 is 0 Å². The van der Waals surface area contributed by atoms with E-state index in [9.17, 15) is 14.4 Å². The van der Waals surface area contributed by atoms with Crippen molar-refractivity contribution in [2.45, 2.75) is 32.1 Å². The molecule has 0 saturated carbocycles. The van der Waals surface area contributed by atoms with Crippen molar-refractivity contribution in [3.63, 3.8) is 0 Å². The number of benzene rings is 1. The Bertz CT molecular complexity index is 984. The maximum atomic E-state index is 12.9. The molecule has 1 aliphatic heterocycles. The number of aryl methyl sites for hydroxylation is 1. The summed E-state index contributed by atoms with van der Waals surface area (Å²) in [5, 5.41) is 3.39. The summed E-state index contributed by atoms with van der Waals surface area (Å²) in [5.74, 6) is -0.832. The van der Waals surface area contributed by atoms with Gasteiger partial charge in [0.25, 0.3) is 5.91 Å². The first kappa shape index (κ1) is 19.4. The van der Waals surface area contributed by atoms with Crippen LogP contribution in [-0.2, 0) is 22.4 Å². The second-order valence-corrected chi connectivity index (χ2v) is 8.45. The predicted octanol–water partition coefficient (Wildman–Crippen LogP) is 2.73. The molecule has 0 spiro atoms.